The first-order valence-electron chi connectivity index (χ1n) is 7.51. The second-order valence-corrected chi connectivity index (χ2v) is 6.38. The predicted octanol–water partition coefficient (Wildman–Crippen LogP) is 1.00. The van der Waals surface area contributed by atoms with E-state index in [1.54, 1.807) is 0 Å². The fourth-order valence-corrected chi connectivity index (χ4v) is 3.37. The Balaban J connectivity index is 1.43. The zero-order chi connectivity index (χ0) is 12.6. The SMILES string of the molecule is NC1(C(=O)NC2CCN(C3CCCC3)CC2)CC1. The number of nitrogens with zero attached hydrogens (tertiary/aromatic N) is 1. The molecule has 102 valence electrons. The van der Waals surface area contributed by atoms with Crippen LogP contribution in [-0.2, 0) is 4.79 Å². The fourth-order valence-electron chi connectivity index (χ4n) is 3.37. The Morgan fingerprint density at radius 3 is 2.28 bits per heavy atom. The number of nitrogens with two attached hydrogens (primary N) is 1. The highest BCUT2D eigenvalue weighted by molar-refractivity contribution is 5.89. The summed E-state index contributed by atoms with van der Waals surface area (Å²) in [6, 6.07) is 1.18. The van der Waals surface area contributed by atoms with Gasteiger partial charge in [0.15, 0.2) is 0 Å². The first kappa shape index (κ1) is 12.4. The van der Waals surface area contributed by atoms with Crippen LogP contribution in [0.15, 0.2) is 0 Å². The van der Waals surface area contributed by atoms with Crippen LogP contribution < -0.4 is 11.1 Å². The van der Waals surface area contributed by atoms with Gasteiger partial charge in [-0.15, -0.1) is 0 Å². The topological polar surface area (TPSA) is 58.4 Å². The summed E-state index contributed by atoms with van der Waals surface area (Å²) in [6.07, 6.45) is 9.47. The lowest BCUT2D eigenvalue weighted by Gasteiger charge is -2.36. The lowest BCUT2D eigenvalue weighted by Crippen LogP contribution is -2.51. The third kappa shape index (κ3) is 2.54. The van der Waals surface area contributed by atoms with E-state index in [0.29, 0.717) is 6.04 Å². The highest BCUT2D eigenvalue weighted by Crippen LogP contribution is 2.32. The molecule has 18 heavy (non-hydrogen) atoms. The molecule has 2 aliphatic carbocycles. The molecule has 1 heterocycles. The summed E-state index contributed by atoms with van der Waals surface area (Å²) in [5, 5.41) is 3.14. The van der Waals surface area contributed by atoms with E-state index in [1.807, 2.05) is 0 Å². The Morgan fingerprint density at radius 1 is 1.11 bits per heavy atom. The average molecular weight is 251 g/mol. The molecular formula is C14H25N3O. The molecule has 3 rings (SSSR count). The van der Waals surface area contributed by atoms with E-state index in [4.69, 9.17) is 5.73 Å². The van der Waals surface area contributed by atoms with E-state index < -0.39 is 5.54 Å². The molecule has 1 saturated heterocycles. The van der Waals surface area contributed by atoms with E-state index in [1.165, 1.54) is 25.7 Å². The van der Waals surface area contributed by atoms with Crippen molar-refractivity contribution < 1.29 is 4.79 Å². The Kier molecular flexibility index (Phi) is 3.32. The monoisotopic (exact) mass is 251 g/mol. The zero-order valence-corrected chi connectivity index (χ0v) is 11.2. The Bertz CT molecular complexity index is 313. The van der Waals surface area contributed by atoms with Gasteiger partial charge in [-0.1, -0.05) is 12.8 Å². The normalized spacial score (nSPS) is 29.4. The average Bonchev–Trinajstić information content (AvgIpc) is 2.94. The van der Waals surface area contributed by atoms with E-state index in [9.17, 15) is 4.79 Å². The smallest absolute Gasteiger partial charge is 0.240 e. The van der Waals surface area contributed by atoms with Crippen molar-refractivity contribution in [2.45, 2.75) is 69.0 Å². The minimum Gasteiger partial charge on any atom is -0.352 e. The summed E-state index contributed by atoms with van der Waals surface area (Å²) in [7, 11) is 0. The van der Waals surface area contributed by atoms with E-state index in [-0.39, 0.29) is 5.91 Å². The largest absolute Gasteiger partial charge is 0.352 e. The summed E-state index contributed by atoms with van der Waals surface area (Å²) in [5.41, 5.74) is 5.40. The van der Waals surface area contributed by atoms with Gasteiger partial charge in [-0.25, -0.2) is 0 Å². The number of hydrogen-bond acceptors (Lipinski definition) is 3. The van der Waals surface area contributed by atoms with Crippen molar-refractivity contribution >= 4 is 5.91 Å². The Labute approximate surface area is 109 Å². The number of amides is 1. The fraction of sp³-hybridized carbons (Fsp3) is 0.929. The van der Waals surface area contributed by atoms with E-state index in [2.05, 4.69) is 10.2 Å². The highest BCUT2D eigenvalue weighted by atomic mass is 16.2. The summed E-state index contributed by atoms with van der Waals surface area (Å²) in [4.78, 5) is 14.5. The van der Waals surface area contributed by atoms with Gasteiger partial charge in [0.2, 0.25) is 5.91 Å². The molecular weight excluding hydrogens is 226 g/mol. The predicted molar refractivity (Wildman–Crippen MR) is 71.1 cm³/mol. The quantitative estimate of drug-likeness (QED) is 0.787. The number of hydrogen-bond donors (Lipinski definition) is 2. The van der Waals surface area contributed by atoms with Crippen molar-refractivity contribution in [1.82, 2.24) is 10.2 Å². The van der Waals surface area contributed by atoms with Crippen LogP contribution in [-0.4, -0.2) is 41.5 Å². The van der Waals surface area contributed by atoms with Gasteiger partial charge in [-0.05, 0) is 38.5 Å². The number of rotatable bonds is 3. The maximum Gasteiger partial charge on any atom is 0.240 e. The lowest BCUT2D eigenvalue weighted by molar-refractivity contribution is -0.124. The van der Waals surface area contributed by atoms with Crippen molar-refractivity contribution in [2.24, 2.45) is 5.73 Å². The Hall–Kier alpha value is -0.610. The van der Waals surface area contributed by atoms with Crippen molar-refractivity contribution in [1.29, 1.82) is 0 Å². The van der Waals surface area contributed by atoms with Crippen molar-refractivity contribution in [3.05, 3.63) is 0 Å². The van der Waals surface area contributed by atoms with Gasteiger partial charge >= 0.3 is 0 Å². The van der Waals surface area contributed by atoms with Gasteiger partial charge in [0.1, 0.15) is 0 Å². The molecule has 0 unspecified atom stereocenters. The molecule has 4 nitrogen and oxygen atoms in total. The Morgan fingerprint density at radius 2 is 1.72 bits per heavy atom. The van der Waals surface area contributed by atoms with Gasteiger partial charge in [0.05, 0.1) is 5.54 Å². The lowest BCUT2D eigenvalue weighted by atomic mass is 10.0. The van der Waals surface area contributed by atoms with Crippen molar-refractivity contribution in [3.63, 3.8) is 0 Å². The highest BCUT2D eigenvalue weighted by Gasteiger charge is 2.46. The molecule has 1 amide bonds. The second-order valence-electron chi connectivity index (χ2n) is 6.38. The number of carbonyl (C=O) groups excluding carboxylic acids is 1. The molecule has 3 N–H and O–H groups in total. The molecule has 0 bridgehead atoms. The van der Waals surface area contributed by atoms with Gasteiger partial charge in [-0.2, -0.15) is 0 Å². The summed E-state index contributed by atoms with van der Waals surface area (Å²) >= 11 is 0. The van der Waals surface area contributed by atoms with Crippen LogP contribution in [0.25, 0.3) is 0 Å². The molecule has 3 fully saturated rings. The molecule has 0 aromatic rings. The first-order valence-corrected chi connectivity index (χ1v) is 7.51. The van der Waals surface area contributed by atoms with Crippen LogP contribution >= 0.6 is 0 Å². The maximum absolute atomic E-state index is 11.9. The van der Waals surface area contributed by atoms with Crippen LogP contribution in [0.4, 0.5) is 0 Å². The van der Waals surface area contributed by atoms with Crippen LogP contribution in [0.1, 0.15) is 51.4 Å². The summed E-state index contributed by atoms with van der Waals surface area (Å²) in [5.74, 6) is 0.0850. The number of likely N-dealkylation sites (tertiary alicyclic amines) is 1. The molecule has 0 spiro atoms. The molecule has 1 aliphatic heterocycles. The molecule has 0 atom stereocenters. The molecule has 0 aromatic carbocycles. The van der Waals surface area contributed by atoms with Crippen LogP contribution in [0, 0.1) is 0 Å². The van der Waals surface area contributed by atoms with E-state index in [0.717, 1.165) is 44.8 Å². The van der Waals surface area contributed by atoms with Gasteiger partial charge in [0.25, 0.3) is 0 Å². The van der Waals surface area contributed by atoms with Crippen LogP contribution in [0.5, 0.6) is 0 Å². The van der Waals surface area contributed by atoms with E-state index >= 15 is 0 Å². The molecule has 3 aliphatic rings. The van der Waals surface area contributed by atoms with Crippen LogP contribution in [0.2, 0.25) is 0 Å². The number of carbonyl (C=O) groups is 1. The maximum atomic E-state index is 11.9. The summed E-state index contributed by atoms with van der Waals surface area (Å²) < 4.78 is 0. The number of nitrogens with one attached hydrogen (secondary N) is 1. The second kappa shape index (κ2) is 4.82. The minimum atomic E-state index is -0.511. The van der Waals surface area contributed by atoms with Crippen molar-refractivity contribution in [2.75, 3.05) is 13.1 Å². The molecule has 0 radical (unpaired) electrons. The zero-order valence-electron chi connectivity index (χ0n) is 11.2. The third-order valence-corrected chi connectivity index (χ3v) is 4.95. The number of piperidine rings is 1. The molecule has 2 saturated carbocycles. The molecule has 4 heteroatoms. The van der Waals surface area contributed by atoms with Crippen molar-refractivity contribution in [3.8, 4) is 0 Å². The van der Waals surface area contributed by atoms with Gasteiger partial charge in [0, 0.05) is 25.2 Å². The minimum absolute atomic E-state index is 0.0850. The first-order chi connectivity index (χ1) is 8.67. The van der Waals surface area contributed by atoms with Gasteiger partial charge in [-0.3, -0.25) is 4.79 Å². The summed E-state index contributed by atoms with van der Waals surface area (Å²) in [6.45, 7) is 2.29. The molecule has 0 aromatic heterocycles. The van der Waals surface area contributed by atoms with Crippen LogP contribution in [0.3, 0.4) is 0 Å². The standard InChI is InChI=1S/C14H25N3O/c15-14(7-8-14)13(18)16-11-5-9-17(10-6-11)12-3-1-2-4-12/h11-12H,1-10,15H2,(H,16,18). The van der Waals surface area contributed by atoms with Gasteiger partial charge < -0.3 is 16.0 Å². The third-order valence-electron chi connectivity index (χ3n) is 4.95.